The van der Waals surface area contributed by atoms with E-state index >= 15 is 0 Å². The number of H-pyrrole nitrogens is 1. The van der Waals surface area contributed by atoms with Crippen LogP contribution < -0.4 is 16.0 Å². The predicted molar refractivity (Wildman–Crippen MR) is 114 cm³/mol. The zero-order valence-electron chi connectivity index (χ0n) is 15.2. The van der Waals surface area contributed by atoms with Crippen LogP contribution in [0.15, 0.2) is 87.5 Å². The first-order chi connectivity index (χ1) is 14.1. The van der Waals surface area contributed by atoms with Gasteiger partial charge in [0.15, 0.2) is 0 Å². The molecular formula is C22H16ClN3O3. The van der Waals surface area contributed by atoms with Crippen LogP contribution in [0, 0.1) is 0 Å². The molecule has 0 saturated heterocycles. The van der Waals surface area contributed by atoms with Crippen molar-refractivity contribution in [2.24, 2.45) is 5.10 Å². The number of ether oxygens (including phenoxy) is 1. The van der Waals surface area contributed by atoms with Gasteiger partial charge in [-0.15, -0.1) is 4.68 Å². The van der Waals surface area contributed by atoms with Gasteiger partial charge >= 0.3 is 5.69 Å². The maximum absolute atomic E-state index is 12.5. The Balaban J connectivity index is 1.49. The van der Waals surface area contributed by atoms with Crippen LogP contribution in [0.4, 0.5) is 0 Å². The molecule has 1 aromatic heterocycles. The lowest BCUT2D eigenvalue weighted by Crippen LogP contribution is -2.32. The Bertz CT molecular complexity index is 1290. The lowest BCUT2D eigenvalue weighted by molar-refractivity contribution is 0.306. The highest BCUT2D eigenvalue weighted by molar-refractivity contribution is 6.30. The minimum Gasteiger partial charge on any atom is -0.489 e. The number of halogens is 1. The van der Waals surface area contributed by atoms with Crippen LogP contribution in [-0.4, -0.2) is 15.9 Å². The Morgan fingerprint density at radius 3 is 2.45 bits per heavy atom. The zero-order valence-corrected chi connectivity index (χ0v) is 16.0. The Hall–Kier alpha value is -3.64. The summed E-state index contributed by atoms with van der Waals surface area (Å²) in [5, 5.41) is 5.12. The van der Waals surface area contributed by atoms with Gasteiger partial charge in [0, 0.05) is 5.02 Å². The smallest absolute Gasteiger partial charge is 0.349 e. The molecule has 0 aliphatic heterocycles. The van der Waals surface area contributed by atoms with Crippen molar-refractivity contribution in [2.45, 2.75) is 6.61 Å². The summed E-state index contributed by atoms with van der Waals surface area (Å²) in [6.07, 6.45) is 1.45. The van der Waals surface area contributed by atoms with Crippen molar-refractivity contribution in [3.63, 3.8) is 0 Å². The Kier molecular flexibility index (Phi) is 5.27. The van der Waals surface area contributed by atoms with Crippen molar-refractivity contribution in [1.82, 2.24) is 9.66 Å². The van der Waals surface area contributed by atoms with Gasteiger partial charge in [0.25, 0.3) is 5.56 Å². The average molecular weight is 406 g/mol. The number of aromatic nitrogens is 2. The lowest BCUT2D eigenvalue weighted by Gasteiger charge is -2.06. The van der Waals surface area contributed by atoms with Gasteiger partial charge in [0.2, 0.25) is 0 Å². The number of fused-ring (bicyclic) bond motifs is 1. The Morgan fingerprint density at radius 1 is 0.966 bits per heavy atom. The van der Waals surface area contributed by atoms with Crippen LogP contribution in [0.25, 0.3) is 10.9 Å². The van der Waals surface area contributed by atoms with E-state index in [-0.39, 0.29) is 0 Å². The molecule has 1 heterocycles. The van der Waals surface area contributed by atoms with E-state index < -0.39 is 11.2 Å². The Morgan fingerprint density at radius 2 is 1.69 bits per heavy atom. The monoisotopic (exact) mass is 405 g/mol. The molecule has 7 heteroatoms. The molecule has 0 amide bonds. The molecular weight excluding hydrogens is 390 g/mol. The summed E-state index contributed by atoms with van der Waals surface area (Å²) >= 11 is 5.87. The fourth-order valence-electron chi connectivity index (χ4n) is 2.78. The number of benzene rings is 3. The van der Waals surface area contributed by atoms with Crippen molar-refractivity contribution in [1.29, 1.82) is 0 Å². The van der Waals surface area contributed by atoms with Crippen LogP contribution in [0.3, 0.4) is 0 Å². The summed E-state index contributed by atoms with van der Waals surface area (Å²) in [7, 11) is 0. The minimum absolute atomic E-state index is 0.398. The molecule has 0 aliphatic rings. The van der Waals surface area contributed by atoms with E-state index in [1.54, 1.807) is 48.5 Å². The van der Waals surface area contributed by atoms with Gasteiger partial charge in [-0.05, 0) is 59.7 Å². The summed E-state index contributed by atoms with van der Waals surface area (Å²) in [4.78, 5) is 27.2. The standard InChI is InChI=1S/C22H16ClN3O3/c23-17-9-5-16(6-10-17)14-29-18-11-7-15(8-12-18)13-24-26-21(27)19-3-1-2-4-20(19)25-22(26)28/h1-13H,14H2,(H,25,28). The molecule has 6 nitrogen and oxygen atoms in total. The second-order valence-electron chi connectivity index (χ2n) is 6.32. The SMILES string of the molecule is O=c1[nH]c2ccccc2c(=O)n1N=Cc1ccc(OCc2ccc(Cl)cc2)cc1. The molecule has 144 valence electrons. The van der Waals surface area contributed by atoms with Gasteiger partial charge in [-0.2, -0.15) is 5.10 Å². The van der Waals surface area contributed by atoms with E-state index in [4.69, 9.17) is 16.3 Å². The molecule has 0 saturated carbocycles. The number of hydrogen-bond donors (Lipinski definition) is 1. The maximum Gasteiger partial charge on any atom is 0.349 e. The number of hydrogen-bond acceptors (Lipinski definition) is 4. The molecule has 29 heavy (non-hydrogen) atoms. The van der Waals surface area contributed by atoms with Crippen LogP contribution >= 0.6 is 11.6 Å². The first-order valence-corrected chi connectivity index (χ1v) is 9.24. The average Bonchev–Trinajstić information content (AvgIpc) is 2.74. The number of aromatic amines is 1. The van der Waals surface area contributed by atoms with E-state index in [1.807, 2.05) is 24.3 Å². The van der Waals surface area contributed by atoms with Gasteiger partial charge in [-0.3, -0.25) is 4.79 Å². The van der Waals surface area contributed by atoms with E-state index in [1.165, 1.54) is 6.21 Å². The van der Waals surface area contributed by atoms with Crippen LogP contribution in [0.5, 0.6) is 5.75 Å². The van der Waals surface area contributed by atoms with Crippen LogP contribution in [0.2, 0.25) is 5.02 Å². The van der Waals surface area contributed by atoms with Crippen LogP contribution in [0.1, 0.15) is 11.1 Å². The number of para-hydroxylation sites is 1. The summed E-state index contributed by atoms with van der Waals surface area (Å²) in [6, 6.07) is 21.4. The van der Waals surface area contributed by atoms with Gasteiger partial charge in [0.1, 0.15) is 12.4 Å². The number of nitrogens with zero attached hydrogens (tertiary/aromatic N) is 2. The highest BCUT2D eigenvalue weighted by atomic mass is 35.5. The van der Waals surface area contributed by atoms with Gasteiger partial charge in [-0.1, -0.05) is 35.9 Å². The molecule has 0 unspecified atom stereocenters. The summed E-state index contributed by atoms with van der Waals surface area (Å²) < 4.78 is 6.55. The second-order valence-corrected chi connectivity index (χ2v) is 6.76. The predicted octanol–water partition coefficient (Wildman–Crippen LogP) is 3.80. The molecule has 3 aromatic carbocycles. The Labute approximate surface area is 170 Å². The highest BCUT2D eigenvalue weighted by Crippen LogP contribution is 2.15. The molecule has 0 bridgehead atoms. The molecule has 0 atom stereocenters. The molecule has 1 N–H and O–H groups in total. The van der Waals surface area contributed by atoms with E-state index in [0.29, 0.717) is 28.3 Å². The fraction of sp³-hybridized carbons (Fsp3) is 0.0455. The van der Waals surface area contributed by atoms with Crippen molar-refractivity contribution >= 4 is 28.7 Å². The molecule has 0 radical (unpaired) electrons. The van der Waals surface area contributed by atoms with Crippen LogP contribution in [-0.2, 0) is 6.61 Å². The quantitative estimate of drug-likeness (QED) is 0.513. The van der Waals surface area contributed by atoms with Crippen molar-refractivity contribution in [3.05, 3.63) is 110 Å². The number of nitrogens with one attached hydrogen (secondary N) is 1. The number of rotatable bonds is 5. The third kappa shape index (κ3) is 4.28. The first kappa shape index (κ1) is 18.7. The third-order valence-corrected chi connectivity index (χ3v) is 4.56. The topological polar surface area (TPSA) is 76.5 Å². The second kappa shape index (κ2) is 8.16. The maximum atomic E-state index is 12.5. The summed E-state index contributed by atoms with van der Waals surface area (Å²) in [5.74, 6) is 0.692. The fourth-order valence-corrected chi connectivity index (χ4v) is 2.91. The molecule has 4 aromatic rings. The first-order valence-electron chi connectivity index (χ1n) is 8.86. The normalized spacial score (nSPS) is 11.2. The molecule has 0 spiro atoms. The van der Waals surface area contributed by atoms with Gasteiger partial charge < -0.3 is 9.72 Å². The highest BCUT2D eigenvalue weighted by Gasteiger charge is 2.05. The third-order valence-electron chi connectivity index (χ3n) is 4.30. The van der Waals surface area contributed by atoms with Crippen molar-refractivity contribution in [3.8, 4) is 5.75 Å². The van der Waals surface area contributed by atoms with Gasteiger partial charge in [0.05, 0.1) is 17.1 Å². The van der Waals surface area contributed by atoms with Crippen molar-refractivity contribution < 1.29 is 4.74 Å². The lowest BCUT2D eigenvalue weighted by atomic mass is 10.2. The van der Waals surface area contributed by atoms with E-state index in [9.17, 15) is 9.59 Å². The van der Waals surface area contributed by atoms with Crippen molar-refractivity contribution in [2.75, 3.05) is 0 Å². The largest absolute Gasteiger partial charge is 0.489 e. The van der Waals surface area contributed by atoms with Gasteiger partial charge in [-0.25, -0.2) is 4.79 Å². The summed E-state index contributed by atoms with van der Waals surface area (Å²) in [5.41, 5.74) is 1.16. The summed E-state index contributed by atoms with van der Waals surface area (Å²) in [6.45, 7) is 0.423. The van der Waals surface area contributed by atoms with E-state index in [2.05, 4.69) is 10.1 Å². The molecule has 0 fully saturated rings. The zero-order chi connectivity index (χ0) is 20.2. The molecule has 4 rings (SSSR count). The molecule has 0 aliphatic carbocycles. The van der Waals surface area contributed by atoms with E-state index in [0.717, 1.165) is 15.8 Å². The minimum atomic E-state index is -0.590.